The molecule has 0 amide bonds. The van der Waals surface area contributed by atoms with Gasteiger partial charge in [-0.05, 0) is 39.8 Å². The van der Waals surface area contributed by atoms with E-state index in [0.717, 1.165) is 0 Å². The van der Waals surface area contributed by atoms with Crippen molar-refractivity contribution in [2.75, 3.05) is 0 Å². The highest BCUT2D eigenvalue weighted by Gasteiger charge is 2.37. The van der Waals surface area contributed by atoms with E-state index >= 15 is 0 Å². The molecule has 0 heterocycles. The van der Waals surface area contributed by atoms with Crippen LogP contribution in [0.2, 0.25) is 20.1 Å². The van der Waals surface area contributed by atoms with Crippen molar-refractivity contribution in [1.29, 1.82) is 0 Å². The molecule has 0 fully saturated rings. The first kappa shape index (κ1) is 23.6. The molecule has 0 saturated heterocycles. The molecular formula is C18H16Cl4N2O5. The number of nitro groups is 2. The SMILES string of the molecule is CC(C)(OC(C)(C)c1cc([N+](=O)[O-])c(Cl)cc1Cl)c1cc([N+](=O)[O-])c(Cl)cc1Cl. The molecule has 2 rings (SSSR count). The molecule has 11 heteroatoms. The fourth-order valence-electron chi connectivity index (χ4n) is 3.03. The van der Waals surface area contributed by atoms with Crippen molar-refractivity contribution in [1.82, 2.24) is 0 Å². The smallest absolute Gasteiger partial charge is 0.288 e. The summed E-state index contributed by atoms with van der Waals surface area (Å²) in [6.45, 7) is 6.63. The fraction of sp³-hybridized carbons (Fsp3) is 0.333. The van der Waals surface area contributed by atoms with Gasteiger partial charge in [0.15, 0.2) is 0 Å². The van der Waals surface area contributed by atoms with Crippen molar-refractivity contribution in [2.45, 2.75) is 38.9 Å². The Hall–Kier alpha value is -1.64. The number of halogens is 4. The van der Waals surface area contributed by atoms with Gasteiger partial charge in [0, 0.05) is 33.3 Å². The summed E-state index contributed by atoms with van der Waals surface area (Å²) in [7, 11) is 0. The summed E-state index contributed by atoms with van der Waals surface area (Å²) >= 11 is 24.3. The van der Waals surface area contributed by atoms with Crippen LogP contribution in [-0.2, 0) is 15.9 Å². The summed E-state index contributed by atoms with van der Waals surface area (Å²) in [5.41, 5.74) is -2.28. The van der Waals surface area contributed by atoms with E-state index in [0.29, 0.717) is 11.1 Å². The Bertz CT molecular complexity index is 929. The average Bonchev–Trinajstić information content (AvgIpc) is 2.52. The lowest BCUT2D eigenvalue weighted by molar-refractivity contribution is -0.384. The van der Waals surface area contributed by atoms with Crippen molar-refractivity contribution in [2.24, 2.45) is 0 Å². The standard InChI is InChI=1S/C18H16Cl4N2O5/c1-17(2,9-5-15(23(25)26)13(21)7-11(9)19)29-18(3,4)10-6-16(24(27)28)14(22)8-12(10)20/h5-8H,1-4H3. The van der Waals surface area contributed by atoms with Crippen LogP contribution < -0.4 is 0 Å². The second-order valence-corrected chi connectivity index (χ2v) is 8.83. The van der Waals surface area contributed by atoms with Gasteiger partial charge in [0.2, 0.25) is 0 Å². The van der Waals surface area contributed by atoms with Gasteiger partial charge in [-0.25, -0.2) is 0 Å². The fourth-order valence-corrected chi connectivity index (χ4v) is 4.39. The highest BCUT2D eigenvalue weighted by atomic mass is 35.5. The average molecular weight is 482 g/mol. The van der Waals surface area contributed by atoms with Gasteiger partial charge in [-0.2, -0.15) is 0 Å². The molecule has 2 aromatic rings. The Labute approximate surface area is 186 Å². The van der Waals surface area contributed by atoms with E-state index in [9.17, 15) is 20.2 Å². The Kier molecular flexibility index (Phi) is 6.72. The first-order valence-corrected chi connectivity index (χ1v) is 9.66. The molecule has 0 aromatic heterocycles. The summed E-state index contributed by atoms with van der Waals surface area (Å²) in [5.74, 6) is 0. The van der Waals surface area contributed by atoms with Crippen molar-refractivity contribution >= 4 is 57.8 Å². The van der Waals surface area contributed by atoms with Crippen LogP contribution in [0, 0.1) is 20.2 Å². The van der Waals surface area contributed by atoms with Gasteiger partial charge >= 0.3 is 0 Å². The molecule has 0 atom stereocenters. The highest BCUT2D eigenvalue weighted by molar-refractivity contribution is 6.37. The van der Waals surface area contributed by atoms with Crippen molar-refractivity contribution < 1.29 is 14.6 Å². The van der Waals surface area contributed by atoms with Crippen LogP contribution in [0.4, 0.5) is 11.4 Å². The second kappa shape index (κ2) is 8.24. The summed E-state index contributed by atoms with van der Waals surface area (Å²) in [5, 5.41) is 22.6. The van der Waals surface area contributed by atoms with Gasteiger partial charge < -0.3 is 4.74 Å². The first-order chi connectivity index (χ1) is 13.2. The van der Waals surface area contributed by atoms with Crippen LogP contribution in [0.1, 0.15) is 38.8 Å². The maximum atomic E-state index is 11.2. The van der Waals surface area contributed by atoms with Gasteiger partial charge in [0.25, 0.3) is 11.4 Å². The third kappa shape index (κ3) is 4.92. The number of hydrogen-bond donors (Lipinski definition) is 0. The zero-order valence-corrected chi connectivity index (χ0v) is 18.8. The number of nitrogens with zero attached hydrogens (tertiary/aromatic N) is 2. The third-order valence-corrected chi connectivity index (χ3v) is 5.50. The molecule has 7 nitrogen and oxygen atoms in total. The predicted octanol–water partition coefficient (Wildman–Crippen LogP) is 7.30. The minimum atomic E-state index is -1.15. The van der Waals surface area contributed by atoms with Crippen molar-refractivity contribution in [3.63, 3.8) is 0 Å². The molecule has 0 unspecified atom stereocenters. The molecule has 0 aliphatic heterocycles. The van der Waals surface area contributed by atoms with Crippen LogP contribution in [0.15, 0.2) is 24.3 Å². The van der Waals surface area contributed by atoms with E-state index in [1.165, 1.54) is 24.3 Å². The molecule has 2 aromatic carbocycles. The molecule has 0 aliphatic carbocycles. The molecule has 0 radical (unpaired) electrons. The normalized spacial score (nSPS) is 12.1. The molecule has 0 bridgehead atoms. The monoisotopic (exact) mass is 480 g/mol. The number of rotatable bonds is 6. The summed E-state index contributed by atoms with van der Waals surface area (Å²) in [4.78, 5) is 21.2. The largest absolute Gasteiger partial charge is 0.360 e. The van der Waals surface area contributed by atoms with Gasteiger partial charge in [0.1, 0.15) is 10.0 Å². The zero-order chi connectivity index (χ0) is 22.3. The number of hydrogen-bond acceptors (Lipinski definition) is 5. The van der Waals surface area contributed by atoms with E-state index in [2.05, 4.69) is 0 Å². The number of nitro benzene ring substituents is 2. The minimum absolute atomic E-state index is 0.102. The molecular weight excluding hydrogens is 466 g/mol. The van der Waals surface area contributed by atoms with E-state index in [1.807, 2.05) is 0 Å². The Morgan fingerprint density at radius 3 is 1.28 bits per heavy atom. The van der Waals surface area contributed by atoms with Crippen LogP contribution >= 0.6 is 46.4 Å². The number of benzene rings is 2. The minimum Gasteiger partial charge on any atom is -0.360 e. The van der Waals surface area contributed by atoms with Crippen LogP contribution in [0.3, 0.4) is 0 Å². The second-order valence-electron chi connectivity index (χ2n) is 7.20. The summed E-state index contributed by atoms with van der Waals surface area (Å²) in [6, 6.07) is 5.03. The third-order valence-electron chi connectivity index (χ3n) is 4.27. The topological polar surface area (TPSA) is 95.5 Å². The van der Waals surface area contributed by atoms with Gasteiger partial charge in [-0.1, -0.05) is 46.4 Å². The van der Waals surface area contributed by atoms with Gasteiger partial charge in [0.05, 0.1) is 21.0 Å². The Morgan fingerprint density at radius 2 is 1.00 bits per heavy atom. The van der Waals surface area contributed by atoms with Crippen molar-refractivity contribution in [3.05, 3.63) is 75.7 Å². The summed E-state index contributed by atoms with van der Waals surface area (Å²) < 4.78 is 6.21. The lowest BCUT2D eigenvalue weighted by atomic mass is 9.92. The van der Waals surface area contributed by atoms with Crippen LogP contribution in [0.25, 0.3) is 0 Å². The molecule has 0 saturated carbocycles. The first-order valence-electron chi connectivity index (χ1n) is 8.15. The predicted molar refractivity (Wildman–Crippen MR) is 113 cm³/mol. The highest BCUT2D eigenvalue weighted by Crippen LogP contribution is 2.44. The quantitative estimate of drug-likeness (QED) is 0.318. The molecule has 156 valence electrons. The molecule has 0 spiro atoms. The van der Waals surface area contributed by atoms with E-state index < -0.39 is 21.0 Å². The van der Waals surface area contributed by atoms with Gasteiger partial charge in [-0.15, -0.1) is 0 Å². The Balaban J connectivity index is 2.54. The molecule has 29 heavy (non-hydrogen) atoms. The van der Waals surface area contributed by atoms with Gasteiger partial charge in [-0.3, -0.25) is 20.2 Å². The zero-order valence-electron chi connectivity index (χ0n) is 15.8. The lowest BCUT2D eigenvalue weighted by Gasteiger charge is -2.37. The van der Waals surface area contributed by atoms with E-state index in [1.54, 1.807) is 27.7 Å². The maximum absolute atomic E-state index is 11.2. The summed E-state index contributed by atoms with van der Waals surface area (Å²) in [6.07, 6.45) is 0. The van der Waals surface area contributed by atoms with Crippen molar-refractivity contribution in [3.8, 4) is 0 Å². The molecule has 0 aliphatic rings. The lowest BCUT2D eigenvalue weighted by Crippen LogP contribution is -2.34. The van der Waals surface area contributed by atoms with E-state index in [4.69, 9.17) is 51.1 Å². The van der Waals surface area contributed by atoms with Crippen LogP contribution in [-0.4, -0.2) is 9.85 Å². The molecule has 0 N–H and O–H groups in total. The van der Waals surface area contributed by atoms with Crippen LogP contribution in [0.5, 0.6) is 0 Å². The van der Waals surface area contributed by atoms with E-state index in [-0.39, 0.29) is 31.5 Å². The maximum Gasteiger partial charge on any atom is 0.288 e. The number of ether oxygens (including phenoxy) is 1. The Morgan fingerprint density at radius 1 is 0.690 bits per heavy atom.